The molecule has 0 saturated carbocycles. The Hall–Kier alpha value is -1.30. The largest absolute Gasteiger partial charge is 0.462 e. The van der Waals surface area contributed by atoms with E-state index in [4.69, 9.17) is 18.9 Å². The van der Waals surface area contributed by atoms with Crippen LogP contribution in [0.15, 0.2) is 0 Å². The molecule has 1 saturated heterocycles. The van der Waals surface area contributed by atoms with Crippen molar-refractivity contribution < 1.29 is 49.0 Å². The SMILES string of the molecule is CCCCCCCCCCCCCCCCCCCCCCCCCC(=O)O[C@H](COC(=O)CCCCCCCCCCCCCCCCCC)CO[C@@H]1O[C@H](CO)[C@H](O)C(O)C1O. The third-order valence-corrected chi connectivity index (χ3v) is 13.2. The zero-order chi connectivity index (χ0) is 46.6. The van der Waals surface area contributed by atoms with Crippen molar-refractivity contribution in [1.82, 2.24) is 0 Å². The molecule has 0 aromatic rings. The second kappa shape index (κ2) is 45.5. The molecule has 6 atom stereocenters. The van der Waals surface area contributed by atoms with Gasteiger partial charge < -0.3 is 39.4 Å². The van der Waals surface area contributed by atoms with E-state index < -0.39 is 49.4 Å². The standard InChI is InChI=1S/C54H104O10/c1-3-5-7-9-11-13-15-17-19-21-22-23-24-25-26-27-29-31-33-35-37-39-41-43-50(57)63-47(46-62-54-53(60)52(59)51(58)48(44-55)64-54)45-61-49(56)42-40-38-36-34-32-30-28-20-18-16-14-12-10-8-6-4-2/h47-48,51-55,58-60H,3-46H2,1-2H3/t47-,48-,51+,52?,53?,54-/m1/s1. The third kappa shape index (κ3) is 35.8. The molecule has 4 N–H and O–H groups in total. The highest BCUT2D eigenvalue weighted by Gasteiger charge is 2.44. The first-order valence-electron chi connectivity index (χ1n) is 27.6. The molecule has 2 unspecified atom stereocenters. The summed E-state index contributed by atoms with van der Waals surface area (Å²) in [4.78, 5) is 25.5. The van der Waals surface area contributed by atoms with Gasteiger partial charge in [-0.05, 0) is 12.8 Å². The summed E-state index contributed by atoms with van der Waals surface area (Å²) >= 11 is 0. The fourth-order valence-electron chi connectivity index (χ4n) is 8.90. The highest BCUT2D eigenvalue weighted by molar-refractivity contribution is 5.70. The van der Waals surface area contributed by atoms with E-state index in [2.05, 4.69) is 13.8 Å². The minimum Gasteiger partial charge on any atom is -0.462 e. The molecule has 1 aliphatic rings. The molecule has 1 fully saturated rings. The van der Waals surface area contributed by atoms with Crippen molar-refractivity contribution in [1.29, 1.82) is 0 Å². The lowest BCUT2D eigenvalue weighted by Crippen LogP contribution is -2.59. The van der Waals surface area contributed by atoms with E-state index in [1.807, 2.05) is 0 Å². The van der Waals surface area contributed by atoms with Crippen molar-refractivity contribution >= 4 is 11.9 Å². The summed E-state index contributed by atoms with van der Waals surface area (Å²) in [6.07, 6.45) is 42.6. The molecule has 64 heavy (non-hydrogen) atoms. The number of esters is 2. The van der Waals surface area contributed by atoms with E-state index in [0.29, 0.717) is 6.42 Å². The second-order valence-electron chi connectivity index (χ2n) is 19.4. The normalized spacial score (nSPS) is 19.2. The molecule has 10 nitrogen and oxygen atoms in total. The Morgan fingerprint density at radius 3 is 1.06 bits per heavy atom. The van der Waals surface area contributed by atoms with Crippen LogP contribution in [0, 0.1) is 0 Å². The van der Waals surface area contributed by atoms with Crippen molar-refractivity contribution in [2.45, 2.75) is 314 Å². The number of hydrogen-bond acceptors (Lipinski definition) is 10. The summed E-state index contributed by atoms with van der Waals surface area (Å²) in [5, 5.41) is 40.2. The molecule has 0 aromatic heterocycles. The van der Waals surface area contributed by atoms with Gasteiger partial charge in [-0.3, -0.25) is 9.59 Å². The number of carbonyl (C=O) groups excluding carboxylic acids is 2. The number of aliphatic hydroxyl groups excluding tert-OH is 4. The minimum absolute atomic E-state index is 0.208. The fraction of sp³-hybridized carbons (Fsp3) is 0.963. The summed E-state index contributed by atoms with van der Waals surface area (Å²) in [6, 6.07) is 0. The summed E-state index contributed by atoms with van der Waals surface area (Å²) < 4.78 is 22.3. The minimum atomic E-state index is -1.59. The van der Waals surface area contributed by atoms with Gasteiger partial charge in [-0.2, -0.15) is 0 Å². The zero-order valence-corrected chi connectivity index (χ0v) is 41.8. The quantitative estimate of drug-likeness (QED) is 0.0343. The van der Waals surface area contributed by atoms with Crippen LogP contribution in [-0.2, 0) is 28.5 Å². The molecule has 0 aliphatic carbocycles. The summed E-state index contributed by atoms with van der Waals surface area (Å²) in [7, 11) is 0. The number of unbranched alkanes of at least 4 members (excludes halogenated alkanes) is 37. The van der Waals surface area contributed by atoms with E-state index in [1.165, 1.54) is 212 Å². The number of ether oxygens (including phenoxy) is 4. The lowest BCUT2D eigenvalue weighted by Gasteiger charge is -2.39. The molecule has 1 rings (SSSR count). The average Bonchev–Trinajstić information content (AvgIpc) is 3.29. The Labute approximate surface area is 393 Å². The van der Waals surface area contributed by atoms with Crippen LogP contribution in [0.25, 0.3) is 0 Å². The van der Waals surface area contributed by atoms with Crippen molar-refractivity contribution in [3.63, 3.8) is 0 Å². The van der Waals surface area contributed by atoms with Gasteiger partial charge in [-0.25, -0.2) is 0 Å². The van der Waals surface area contributed by atoms with Crippen LogP contribution >= 0.6 is 0 Å². The van der Waals surface area contributed by atoms with E-state index in [9.17, 15) is 30.0 Å². The van der Waals surface area contributed by atoms with Gasteiger partial charge in [0, 0.05) is 12.8 Å². The average molecular weight is 913 g/mol. The van der Waals surface area contributed by atoms with E-state index in [1.54, 1.807) is 0 Å². The van der Waals surface area contributed by atoms with Gasteiger partial charge in [0.15, 0.2) is 12.4 Å². The van der Waals surface area contributed by atoms with Crippen LogP contribution in [-0.4, -0.2) is 89.0 Å². The number of aliphatic hydroxyl groups is 4. The first-order valence-corrected chi connectivity index (χ1v) is 27.6. The molecule has 1 aliphatic heterocycles. The summed E-state index contributed by atoms with van der Waals surface area (Å²) in [5.41, 5.74) is 0. The van der Waals surface area contributed by atoms with Crippen molar-refractivity contribution in [2.75, 3.05) is 19.8 Å². The highest BCUT2D eigenvalue weighted by atomic mass is 16.7. The Bertz CT molecular complexity index is 1010. The van der Waals surface area contributed by atoms with Gasteiger partial charge >= 0.3 is 11.9 Å². The number of rotatable bonds is 48. The molecule has 0 bridgehead atoms. The van der Waals surface area contributed by atoms with Crippen LogP contribution in [0.2, 0.25) is 0 Å². The fourth-order valence-corrected chi connectivity index (χ4v) is 8.90. The predicted octanol–water partition coefficient (Wildman–Crippen LogP) is 13.3. The van der Waals surface area contributed by atoms with E-state index in [-0.39, 0.29) is 32.0 Å². The Morgan fingerprint density at radius 1 is 0.422 bits per heavy atom. The molecular formula is C54H104O10. The zero-order valence-electron chi connectivity index (χ0n) is 41.8. The highest BCUT2D eigenvalue weighted by Crippen LogP contribution is 2.23. The molecule has 0 aromatic carbocycles. The maximum absolute atomic E-state index is 12.9. The van der Waals surface area contributed by atoms with Crippen molar-refractivity contribution in [3.05, 3.63) is 0 Å². The number of carbonyl (C=O) groups is 2. The third-order valence-electron chi connectivity index (χ3n) is 13.2. The molecule has 380 valence electrons. The van der Waals surface area contributed by atoms with Crippen molar-refractivity contribution in [3.8, 4) is 0 Å². The maximum atomic E-state index is 12.9. The molecule has 0 radical (unpaired) electrons. The lowest BCUT2D eigenvalue weighted by molar-refractivity contribution is -0.305. The summed E-state index contributed by atoms with van der Waals surface area (Å²) in [6.45, 7) is 3.49. The Balaban J connectivity index is 2.19. The van der Waals surface area contributed by atoms with Crippen LogP contribution < -0.4 is 0 Å². The first kappa shape index (κ1) is 60.7. The smallest absolute Gasteiger partial charge is 0.306 e. The predicted molar refractivity (Wildman–Crippen MR) is 261 cm³/mol. The number of hydrogen-bond donors (Lipinski definition) is 4. The maximum Gasteiger partial charge on any atom is 0.306 e. The lowest BCUT2D eigenvalue weighted by atomic mass is 9.99. The van der Waals surface area contributed by atoms with Gasteiger partial charge in [0.25, 0.3) is 0 Å². The molecule has 0 amide bonds. The van der Waals surface area contributed by atoms with Crippen molar-refractivity contribution in [2.24, 2.45) is 0 Å². The van der Waals surface area contributed by atoms with Crippen LogP contribution in [0.1, 0.15) is 277 Å². The van der Waals surface area contributed by atoms with Gasteiger partial charge in [0.05, 0.1) is 13.2 Å². The van der Waals surface area contributed by atoms with Crippen LogP contribution in [0.5, 0.6) is 0 Å². The Kier molecular flexibility index (Phi) is 43.1. The van der Waals surface area contributed by atoms with Gasteiger partial charge in [0.2, 0.25) is 0 Å². The molecular weight excluding hydrogens is 809 g/mol. The monoisotopic (exact) mass is 913 g/mol. The first-order chi connectivity index (χ1) is 31.3. The van der Waals surface area contributed by atoms with Crippen LogP contribution in [0.3, 0.4) is 0 Å². The van der Waals surface area contributed by atoms with E-state index >= 15 is 0 Å². The molecule has 10 heteroatoms. The Morgan fingerprint density at radius 2 is 0.734 bits per heavy atom. The molecule has 0 spiro atoms. The summed E-state index contributed by atoms with van der Waals surface area (Å²) in [5.74, 6) is -0.784. The van der Waals surface area contributed by atoms with Gasteiger partial charge in [0.1, 0.15) is 31.0 Å². The van der Waals surface area contributed by atoms with Gasteiger partial charge in [-0.15, -0.1) is 0 Å². The van der Waals surface area contributed by atoms with Crippen LogP contribution in [0.4, 0.5) is 0 Å². The molecule has 1 heterocycles. The van der Waals surface area contributed by atoms with E-state index in [0.717, 1.165) is 32.1 Å². The second-order valence-corrected chi connectivity index (χ2v) is 19.4. The van der Waals surface area contributed by atoms with Gasteiger partial charge in [-0.1, -0.05) is 251 Å². The topological polar surface area (TPSA) is 152 Å².